The van der Waals surface area contributed by atoms with Gasteiger partial charge in [0, 0.05) is 29.8 Å². The lowest BCUT2D eigenvalue weighted by Crippen LogP contribution is -2.51. The summed E-state index contributed by atoms with van der Waals surface area (Å²) in [6.45, 7) is 3.40. The lowest BCUT2D eigenvalue weighted by Gasteiger charge is -2.34. The highest BCUT2D eigenvalue weighted by Crippen LogP contribution is 2.19. The molecular weight excluding hydrogens is 284 g/mol. The van der Waals surface area contributed by atoms with Gasteiger partial charge in [0.05, 0.1) is 12.5 Å². The molecular formula is C12H22N2O3S2. The van der Waals surface area contributed by atoms with Crippen molar-refractivity contribution in [2.45, 2.75) is 31.1 Å². The fourth-order valence-electron chi connectivity index (χ4n) is 1.89. The van der Waals surface area contributed by atoms with E-state index in [-0.39, 0.29) is 18.5 Å². The van der Waals surface area contributed by atoms with Crippen LogP contribution in [0, 0.1) is 0 Å². The van der Waals surface area contributed by atoms with Crippen molar-refractivity contribution < 1.29 is 14.7 Å². The average Bonchev–Trinajstić information content (AvgIpc) is 2.38. The molecule has 1 aliphatic rings. The molecule has 1 aliphatic heterocycles. The van der Waals surface area contributed by atoms with E-state index in [0.717, 1.165) is 12.2 Å². The number of hydrogen-bond acceptors (Lipinski definition) is 4. The zero-order chi connectivity index (χ0) is 14.3. The van der Waals surface area contributed by atoms with E-state index in [4.69, 9.17) is 5.11 Å². The highest BCUT2D eigenvalue weighted by Gasteiger charge is 2.28. The first-order valence-corrected chi connectivity index (χ1v) is 8.85. The largest absolute Gasteiger partial charge is 0.481 e. The molecule has 1 saturated heterocycles. The number of aliphatic carboxylic acids is 1. The van der Waals surface area contributed by atoms with Gasteiger partial charge in [0.2, 0.25) is 0 Å². The zero-order valence-corrected chi connectivity index (χ0v) is 13.1. The summed E-state index contributed by atoms with van der Waals surface area (Å²) in [4.78, 5) is 24.5. The monoisotopic (exact) mass is 306 g/mol. The van der Waals surface area contributed by atoms with E-state index in [1.54, 1.807) is 28.4 Å². The fourth-order valence-corrected chi connectivity index (χ4v) is 3.31. The van der Waals surface area contributed by atoms with Crippen LogP contribution in [0.4, 0.5) is 4.79 Å². The number of carbonyl (C=O) groups excluding carboxylic acids is 1. The number of carboxylic acids is 1. The van der Waals surface area contributed by atoms with Crippen molar-refractivity contribution in [3.8, 4) is 0 Å². The van der Waals surface area contributed by atoms with Crippen LogP contribution in [0.25, 0.3) is 0 Å². The van der Waals surface area contributed by atoms with Gasteiger partial charge < -0.3 is 15.3 Å². The molecule has 7 heteroatoms. The number of carbonyl (C=O) groups is 2. The van der Waals surface area contributed by atoms with Crippen LogP contribution in [-0.2, 0) is 4.79 Å². The van der Waals surface area contributed by atoms with Gasteiger partial charge in [0.15, 0.2) is 0 Å². The molecule has 2 amide bonds. The third-order valence-corrected chi connectivity index (χ3v) is 5.26. The highest BCUT2D eigenvalue weighted by molar-refractivity contribution is 7.99. The highest BCUT2D eigenvalue weighted by atomic mass is 32.2. The predicted molar refractivity (Wildman–Crippen MR) is 81.1 cm³/mol. The Morgan fingerprint density at radius 2 is 2.32 bits per heavy atom. The van der Waals surface area contributed by atoms with E-state index in [9.17, 15) is 9.59 Å². The maximum Gasteiger partial charge on any atom is 0.317 e. The SMILES string of the molecule is CSC(C)CCNC(=O)N1CCSCC1CC(=O)O. The quantitative estimate of drug-likeness (QED) is 0.782. The minimum absolute atomic E-state index is 0.0294. The van der Waals surface area contributed by atoms with Crippen molar-refractivity contribution in [2.75, 3.05) is 30.9 Å². The summed E-state index contributed by atoms with van der Waals surface area (Å²) in [5.74, 6) is 0.743. The Bertz CT molecular complexity index is 315. The van der Waals surface area contributed by atoms with E-state index in [2.05, 4.69) is 18.5 Å². The maximum atomic E-state index is 12.1. The number of nitrogens with zero attached hydrogens (tertiary/aromatic N) is 1. The fraction of sp³-hybridized carbons (Fsp3) is 0.833. The first-order chi connectivity index (χ1) is 9.04. The van der Waals surface area contributed by atoms with Gasteiger partial charge in [-0.3, -0.25) is 4.79 Å². The number of urea groups is 1. The summed E-state index contributed by atoms with van der Waals surface area (Å²) in [5, 5.41) is 12.3. The van der Waals surface area contributed by atoms with Gasteiger partial charge in [0.1, 0.15) is 0 Å². The van der Waals surface area contributed by atoms with Crippen molar-refractivity contribution in [3.05, 3.63) is 0 Å². The summed E-state index contributed by atoms with van der Waals surface area (Å²) in [5.41, 5.74) is 0. The molecule has 0 aromatic rings. The summed E-state index contributed by atoms with van der Waals surface area (Å²) >= 11 is 3.49. The average molecular weight is 306 g/mol. The van der Waals surface area contributed by atoms with E-state index in [1.165, 1.54) is 0 Å². The maximum absolute atomic E-state index is 12.1. The van der Waals surface area contributed by atoms with Gasteiger partial charge >= 0.3 is 12.0 Å². The van der Waals surface area contributed by atoms with E-state index >= 15 is 0 Å². The first-order valence-electron chi connectivity index (χ1n) is 6.41. The van der Waals surface area contributed by atoms with Crippen molar-refractivity contribution in [3.63, 3.8) is 0 Å². The summed E-state index contributed by atoms with van der Waals surface area (Å²) < 4.78 is 0. The number of thioether (sulfide) groups is 2. The summed E-state index contributed by atoms with van der Waals surface area (Å²) in [7, 11) is 0. The molecule has 5 nitrogen and oxygen atoms in total. The standard InChI is InChI=1S/C12H22N2O3S2/c1-9(18-2)3-4-13-12(17)14-5-6-19-8-10(14)7-11(15)16/h9-10H,3-8H2,1-2H3,(H,13,17)(H,15,16). The van der Waals surface area contributed by atoms with E-state index < -0.39 is 5.97 Å². The lowest BCUT2D eigenvalue weighted by atomic mass is 10.2. The van der Waals surface area contributed by atoms with Crippen LogP contribution in [0.2, 0.25) is 0 Å². The summed E-state index contributed by atoms with van der Waals surface area (Å²) in [6.07, 6.45) is 3.01. The second-order valence-electron chi connectivity index (χ2n) is 4.59. The smallest absolute Gasteiger partial charge is 0.317 e. The Morgan fingerprint density at radius 3 is 2.95 bits per heavy atom. The van der Waals surface area contributed by atoms with Gasteiger partial charge in [-0.2, -0.15) is 23.5 Å². The molecule has 0 aliphatic carbocycles. The molecule has 110 valence electrons. The molecule has 0 saturated carbocycles. The molecule has 0 radical (unpaired) electrons. The molecule has 0 bridgehead atoms. The van der Waals surface area contributed by atoms with Gasteiger partial charge in [0.25, 0.3) is 0 Å². The van der Waals surface area contributed by atoms with E-state index in [1.807, 2.05) is 0 Å². The molecule has 2 N–H and O–H groups in total. The normalized spacial score (nSPS) is 20.9. The molecule has 0 spiro atoms. The van der Waals surface area contributed by atoms with Gasteiger partial charge in [-0.05, 0) is 12.7 Å². The zero-order valence-electron chi connectivity index (χ0n) is 11.4. The predicted octanol–water partition coefficient (Wildman–Crippen LogP) is 1.73. The molecule has 1 rings (SSSR count). The Labute approximate surface area is 122 Å². The lowest BCUT2D eigenvalue weighted by molar-refractivity contribution is -0.137. The van der Waals surface area contributed by atoms with Crippen LogP contribution in [0.15, 0.2) is 0 Å². The van der Waals surface area contributed by atoms with Crippen LogP contribution < -0.4 is 5.32 Å². The van der Waals surface area contributed by atoms with Gasteiger partial charge in [-0.25, -0.2) is 4.79 Å². The summed E-state index contributed by atoms with van der Waals surface area (Å²) in [6, 6.07) is -0.311. The molecule has 1 heterocycles. The van der Waals surface area contributed by atoms with Crippen molar-refractivity contribution in [1.29, 1.82) is 0 Å². The number of amides is 2. The van der Waals surface area contributed by atoms with Gasteiger partial charge in [-0.1, -0.05) is 6.92 Å². The molecule has 0 aromatic carbocycles. The number of rotatable bonds is 6. The van der Waals surface area contributed by atoms with Crippen molar-refractivity contribution in [1.82, 2.24) is 10.2 Å². The van der Waals surface area contributed by atoms with Crippen LogP contribution in [0.3, 0.4) is 0 Å². The number of hydrogen-bond donors (Lipinski definition) is 2. The second-order valence-corrected chi connectivity index (χ2v) is 7.01. The third kappa shape index (κ3) is 5.95. The number of nitrogens with one attached hydrogen (secondary N) is 1. The Hall–Kier alpha value is -0.560. The molecule has 2 unspecified atom stereocenters. The van der Waals surface area contributed by atoms with Crippen LogP contribution >= 0.6 is 23.5 Å². The molecule has 1 fully saturated rings. The van der Waals surface area contributed by atoms with Gasteiger partial charge in [-0.15, -0.1) is 0 Å². The van der Waals surface area contributed by atoms with Crippen molar-refractivity contribution in [2.24, 2.45) is 0 Å². The minimum Gasteiger partial charge on any atom is -0.481 e. The van der Waals surface area contributed by atoms with Crippen LogP contribution in [0.1, 0.15) is 19.8 Å². The molecule has 19 heavy (non-hydrogen) atoms. The second kappa shape index (κ2) is 8.58. The Kier molecular flexibility index (Phi) is 7.45. The first kappa shape index (κ1) is 16.5. The van der Waals surface area contributed by atoms with Crippen LogP contribution in [-0.4, -0.2) is 64.1 Å². The number of carboxylic acid groups (broad SMARTS) is 1. The molecule has 2 atom stereocenters. The van der Waals surface area contributed by atoms with E-state index in [0.29, 0.717) is 24.1 Å². The Balaban J connectivity index is 2.41. The Morgan fingerprint density at radius 1 is 1.58 bits per heavy atom. The minimum atomic E-state index is -0.846. The van der Waals surface area contributed by atoms with Crippen molar-refractivity contribution >= 4 is 35.5 Å². The topological polar surface area (TPSA) is 69.6 Å². The van der Waals surface area contributed by atoms with Crippen LogP contribution in [0.5, 0.6) is 0 Å². The molecule has 0 aromatic heterocycles. The third-order valence-electron chi connectivity index (χ3n) is 3.13.